The number of rotatable bonds is 3. The molecule has 5 nitrogen and oxygen atoms in total. The Labute approximate surface area is 99.8 Å². The Morgan fingerprint density at radius 3 is 3.18 bits per heavy atom. The first-order valence-electron chi connectivity index (χ1n) is 5.72. The zero-order valence-corrected chi connectivity index (χ0v) is 9.72. The van der Waals surface area contributed by atoms with Gasteiger partial charge in [-0.05, 0) is 31.9 Å². The van der Waals surface area contributed by atoms with Gasteiger partial charge >= 0.3 is 5.97 Å². The lowest BCUT2D eigenvalue weighted by molar-refractivity contribution is 0.0232. The van der Waals surface area contributed by atoms with E-state index in [0.29, 0.717) is 6.04 Å². The van der Waals surface area contributed by atoms with Crippen LogP contribution in [-0.4, -0.2) is 34.8 Å². The van der Waals surface area contributed by atoms with Crippen LogP contribution < -0.4 is 5.32 Å². The van der Waals surface area contributed by atoms with Gasteiger partial charge in [-0.2, -0.15) is 0 Å². The molecular formula is C12H16N2O3. The third-order valence-corrected chi connectivity index (χ3v) is 2.83. The monoisotopic (exact) mass is 236 g/mol. The number of anilines is 1. The molecule has 1 aromatic rings. The largest absolute Gasteiger partial charge is 0.477 e. The summed E-state index contributed by atoms with van der Waals surface area (Å²) in [4.78, 5) is 14.6. The van der Waals surface area contributed by atoms with Gasteiger partial charge in [-0.15, -0.1) is 0 Å². The van der Waals surface area contributed by atoms with E-state index in [1.807, 2.05) is 6.92 Å². The van der Waals surface area contributed by atoms with Gasteiger partial charge in [0.15, 0.2) is 0 Å². The maximum atomic E-state index is 10.8. The van der Waals surface area contributed by atoms with E-state index in [4.69, 9.17) is 9.84 Å². The van der Waals surface area contributed by atoms with Crippen molar-refractivity contribution in [1.29, 1.82) is 0 Å². The van der Waals surface area contributed by atoms with Gasteiger partial charge in [-0.25, -0.2) is 9.78 Å². The van der Waals surface area contributed by atoms with Crippen molar-refractivity contribution in [3.05, 3.63) is 24.0 Å². The number of aromatic nitrogens is 1. The number of hydrogen-bond donors (Lipinski definition) is 2. The number of ether oxygens (including phenoxy) is 1. The first kappa shape index (κ1) is 11.9. The first-order valence-corrected chi connectivity index (χ1v) is 5.72. The highest BCUT2D eigenvalue weighted by molar-refractivity contribution is 5.86. The van der Waals surface area contributed by atoms with E-state index in [0.717, 1.165) is 25.1 Å². The highest BCUT2D eigenvalue weighted by atomic mass is 16.5. The zero-order chi connectivity index (χ0) is 12.3. The van der Waals surface area contributed by atoms with Crippen molar-refractivity contribution in [3.63, 3.8) is 0 Å². The SMILES string of the molecule is CC1CC(Nc2ccnc(C(=O)O)c2)CCO1. The topological polar surface area (TPSA) is 71.5 Å². The van der Waals surface area contributed by atoms with Crippen molar-refractivity contribution in [2.24, 2.45) is 0 Å². The molecule has 1 fully saturated rings. The molecular weight excluding hydrogens is 220 g/mol. The summed E-state index contributed by atoms with van der Waals surface area (Å²) in [6, 6.07) is 3.68. The minimum atomic E-state index is -1.01. The van der Waals surface area contributed by atoms with Crippen LogP contribution in [0.25, 0.3) is 0 Å². The maximum absolute atomic E-state index is 10.8. The second-order valence-corrected chi connectivity index (χ2v) is 4.28. The van der Waals surface area contributed by atoms with Gasteiger partial charge in [0, 0.05) is 24.5 Å². The predicted molar refractivity (Wildman–Crippen MR) is 63.3 cm³/mol. The number of carboxylic acid groups (broad SMARTS) is 1. The molecule has 2 heterocycles. The van der Waals surface area contributed by atoms with Crippen LogP contribution >= 0.6 is 0 Å². The molecule has 92 valence electrons. The van der Waals surface area contributed by atoms with Crippen LogP contribution in [0.2, 0.25) is 0 Å². The number of aromatic carboxylic acids is 1. The normalized spacial score (nSPS) is 24.3. The fourth-order valence-corrected chi connectivity index (χ4v) is 2.00. The molecule has 1 aromatic heterocycles. The molecule has 0 amide bonds. The molecule has 0 saturated carbocycles. The van der Waals surface area contributed by atoms with Crippen LogP contribution in [-0.2, 0) is 4.74 Å². The van der Waals surface area contributed by atoms with Gasteiger partial charge in [0.25, 0.3) is 0 Å². The van der Waals surface area contributed by atoms with Crippen LogP contribution in [0, 0.1) is 0 Å². The number of nitrogens with zero attached hydrogens (tertiary/aromatic N) is 1. The maximum Gasteiger partial charge on any atom is 0.354 e. The van der Waals surface area contributed by atoms with Gasteiger partial charge < -0.3 is 15.2 Å². The van der Waals surface area contributed by atoms with E-state index >= 15 is 0 Å². The summed E-state index contributed by atoms with van der Waals surface area (Å²) in [5.41, 5.74) is 0.867. The quantitative estimate of drug-likeness (QED) is 0.836. The fourth-order valence-electron chi connectivity index (χ4n) is 2.00. The molecule has 1 aliphatic heterocycles. The standard InChI is InChI=1S/C12H16N2O3/c1-8-6-10(3-5-17-8)14-9-2-4-13-11(7-9)12(15)16/h2,4,7-8,10H,3,5-6H2,1H3,(H,13,14)(H,15,16). The van der Waals surface area contributed by atoms with Gasteiger partial charge in [0.1, 0.15) is 5.69 Å². The Bertz CT molecular complexity index is 408. The summed E-state index contributed by atoms with van der Waals surface area (Å²) < 4.78 is 5.46. The highest BCUT2D eigenvalue weighted by Crippen LogP contribution is 2.18. The van der Waals surface area contributed by atoms with Gasteiger partial charge in [0.2, 0.25) is 0 Å². The molecule has 0 aromatic carbocycles. The van der Waals surface area contributed by atoms with Crippen LogP contribution in [0.15, 0.2) is 18.3 Å². The highest BCUT2D eigenvalue weighted by Gasteiger charge is 2.19. The summed E-state index contributed by atoms with van der Waals surface area (Å²) in [6.45, 7) is 2.79. The summed E-state index contributed by atoms with van der Waals surface area (Å²) in [6.07, 6.45) is 3.64. The van der Waals surface area contributed by atoms with Crippen LogP contribution in [0.3, 0.4) is 0 Å². The number of hydrogen-bond acceptors (Lipinski definition) is 4. The van der Waals surface area contributed by atoms with Crippen molar-refractivity contribution >= 4 is 11.7 Å². The summed E-state index contributed by atoms with van der Waals surface area (Å²) in [7, 11) is 0. The van der Waals surface area contributed by atoms with Gasteiger partial charge in [-0.1, -0.05) is 0 Å². The second-order valence-electron chi connectivity index (χ2n) is 4.28. The van der Waals surface area contributed by atoms with Gasteiger partial charge in [-0.3, -0.25) is 0 Å². The van der Waals surface area contributed by atoms with Crippen molar-refractivity contribution in [2.75, 3.05) is 11.9 Å². The van der Waals surface area contributed by atoms with Crippen LogP contribution in [0.1, 0.15) is 30.3 Å². The fraction of sp³-hybridized carbons (Fsp3) is 0.500. The smallest absolute Gasteiger partial charge is 0.354 e. The van der Waals surface area contributed by atoms with E-state index < -0.39 is 5.97 Å². The van der Waals surface area contributed by atoms with Crippen molar-refractivity contribution in [1.82, 2.24) is 4.98 Å². The Kier molecular flexibility index (Phi) is 3.58. The summed E-state index contributed by atoms with van der Waals surface area (Å²) >= 11 is 0. The Balaban J connectivity index is 2.02. The molecule has 5 heteroatoms. The molecule has 2 unspecified atom stereocenters. The number of carbonyl (C=O) groups is 1. The molecule has 0 bridgehead atoms. The molecule has 1 aliphatic rings. The van der Waals surface area contributed by atoms with Crippen LogP contribution in [0.5, 0.6) is 0 Å². The molecule has 0 radical (unpaired) electrons. The number of pyridine rings is 1. The average Bonchev–Trinajstić information content (AvgIpc) is 2.29. The first-order chi connectivity index (χ1) is 8.15. The van der Waals surface area contributed by atoms with Crippen molar-refractivity contribution in [3.8, 4) is 0 Å². The summed E-state index contributed by atoms with van der Waals surface area (Å²) in [5.74, 6) is -1.01. The molecule has 0 aliphatic carbocycles. The minimum Gasteiger partial charge on any atom is -0.477 e. The van der Waals surface area contributed by atoms with E-state index in [2.05, 4.69) is 10.3 Å². The zero-order valence-electron chi connectivity index (χ0n) is 9.72. The lowest BCUT2D eigenvalue weighted by Gasteiger charge is -2.28. The molecule has 2 atom stereocenters. The molecule has 0 spiro atoms. The predicted octanol–water partition coefficient (Wildman–Crippen LogP) is 1.76. The van der Waals surface area contributed by atoms with Crippen molar-refractivity contribution < 1.29 is 14.6 Å². The molecule has 17 heavy (non-hydrogen) atoms. The van der Waals surface area contributed by atoms with E-state index in [-0.39, 0.29) is 11.8 Å². The minimum absolute atomic E-state index is 0.0649. The molecule has 2 N–H and O–H groups in total. The Morgan fingerprint density at radius 1 is 1.65 bits per heavy atom. The van der Waals surface area contributed by atoms with E-state index in [1.165, 1.54) is 6.20 Å². The summed E-state index contributed by atoms with van der Waals surface area (Å²) in [5, 5.41) is 12.2. The lowest BCUT2D eigenvalue weighted by Crippen LogP contribution is -2.32. The third-order valence-electron chi connectivity index (χ3n) is 2.83. The Hall–Kier alpha value is -1.62. The second kappa shape index (κ2) is 5.14. The number of carboxylic acids is 1. The number of nitrogens with one attached hydrogen (secondary N) is 1. The van der Waals surface area contributed by atoms with Gasteiger partial charge in [0.05, 0.1) is 6.10 Å². The molecule has 1 saturated heterocycles. The lowest BCUT2D eigenvalue weighted by atomic mass is 10.0. The van der Waals surface area contributed by atoms with E-state index in [9.17, 15) is 4.79 Å². The third kappa shape index (κ3) is 3.17. The van der Waals surface area contributed by atoms with Crippen LogP contribution in [0.4, 0.5) is 5.69 Å². The van der Waals surface area contributed by atoms with E-state index in [1.54, 1.807) is 12.1 Å². The molecule has 2 rings (SSSR count). The Morgan fingerprint density at radius 2 is 2.47 bits per heavy atom. The van der Waals surface area contributed by atoms with Crippen molar-refractivity contribution in [2.45, 2.75) is 31.9 Å². The average molecular weight is 236 g/mol.